The van der Waals surface area contributed by atoms with Crippen molar-refractivity contribution >= 4 is 12.1 Å². The fourth-order valence-electron chi connectivity index (χ4n) is 7.64. The summed E-state index contributed by atoms with van der Waals surface area (Å²) in [6, 6.07) is 7.95. The van der Waals surface area contributed by atoms with Crippen LogP contribution in [0.25, 0.3) is 0 Å². The van der Waals surface area contributed by atoms with Crippen molar-refractivity contribution in [3.63, 3.8) is 0 Å². The number of aliphatic hydroxyl groups excluding tert-OH is 1. The molecule has 0 unspecified atom stereocenters. The molecular formula is C28H34O4. The van der Waals surface area contributed by atoms with E-state index in [0.29, 0.717) is 36.7 Å². The normalized spacial score (nSPS) is 36.3. The van der Waals surface area contributed by atoms with Gasteiger partial charge in [-0.05, 0) is 86.0 Å². The Kier molecular flexibility index (Phi) is 5.50. The Balaban J connectivity index is 1.64. The Morgan fingerprint density at radius 1 is 1.12 bits per heavy atom. The SMILES string of the molecule is C[C@]12C[C@H](c3ccc(C=O)cc3)C3=C4CCC(=O)C=C4CC[C@H]3[C@@H]1CC[C@@]2(O)CCCO. The first kappa shape index (κ1) is 21.8. The number of rotatable bonds is 5. The van der Waals surface area contributed by atoms with Crippen LogP contribution in [0.3, 0.4) is 0 Å². The van der Waals surface area contributed by atoms with Crippen molar-refractivity contribution in [1.29, 1.82) is 0 Å². The van der Waals surface area contributed by atoms with Gasteiger partial charge in [0.25, 0.3) is 0 Å². The van der Waals surface area contributed by atoms with Crippen LogP contribution in [-0.4, -0.2) is 34.5 Å². The first-order valence-electron chi connectivity index (χ1n) is 12.3. The van der Waals surface area contributed by atoms with E-state index >= 15 is 0 Å². The van der Waals surface area contributed by atoms with Crippen LogP contribution in [0.4, 0.5) is 0 Å². The van der Waals surface area contributed by atoms with Gasteiger partial charge >= 0.3 is 0 Å². The van der Waals surface area contributed by atoms with Crippen molar-refractivity contribution in [2.75, 3.05) is 6.61 Å². The minimum absolute atomic E-state index is 0.112. The van der Waals surface area contributed by atoms with Crippen molar-refractivity contribution in [2.24, 2.45) is 17.3 Å². The molecular weight excluding hydrogens is 400 g/mol. The summed E-state index contributed by atoms with van der Waals surface area (Å²) in [5.41, 5.74) is 5.06. The Morgan fingerprint density at radius 2 is 1.91 bits per heavy atom. The van der Waals surface area contributed by atoms with E-state index in [0.717, 1.165) is 44.8 Å². The van der Waals surface area contributed by atoms with Gasteiger partial charge in [0, 0.05) is 29.9 Å². The largest absolute Gasteiger partial charge is 0.396 e. The number of carbonyl (C=O) groups excluding carboxylic acids is 2. The summed E-state index contributed by atoms with van der Waals surface area (Å²) >= 11 is 0. The maximum atomic E-state index is 12.1. The van der Waals surface area contributed by atoms with Crippen LogP contribution in [0.5, 0.6) is 0 Å². The Bertz CT molecular complexity index is 987. The lowest BCUT2D eigenvalue weighted by Crippen LogP contribution is -2.51. The van der Waals surface area contributed by atoms with Gasteiger partial charge in [0.15, 0.2) is 5.78 Å². The highest BCUT2D eigenvalue weighted by Gasteiger charge is 2.62. The van der Waals surface area contributed by atoms with Gasteiger partial charge < -0.3 is 10.2 Å². The number of fused-ring (bicyclic) bond motifs is 4. The van der Waals surface area contributed by atoms with E-state index in [2.05, 4.69) is 19.1 Å². The molecule has 1 aromatic carbocycles. The van der Waals surface area contributed by atoms with Crippen LogP contribution in [-0.2, 0) is 4.79 Å². The third-order valence-corrected chi connectivity index (χ3v) is 9.28. The van der Waals surface area contributed by atoms with E-state index in [1.165, 1.54) is 22.3 Å². The molecule has 0 aromatic heterocycles. The number of hydrogen-bond donors (Lipinski definition) is 2. The monoisotopic (exact) mass is 434 g/mol. The van der Waals surface area contributed by atoms with E-state index in [-0.39, 0.29) is 23.7 Å². The molecule has 2 fully saturated rings. The molecule has 4 aliphatic rings. The molecule has 170 valence electrons. The van der Waals surface area contributed by atoms with Crippen molar-refractivity contribution in [2.45, 2.75) is 76.2 Å². The number of allylic oxidation sites excluding steroid dienone is 4. The minimum atomic E-state index is -0.754. The van der Waals surface area contributed by atoms with Gasteiger partial charge in [0.2, 0.25) is 0 Å². The highest BCUT2D eigenvalue weighted by atomic mass is 16.3. The zero-order valence-electron chi connectivity index (χ0n) is 19.0. The van der Waals surface area contributed by atoms with E-state index in [9.17, 15) is 19.8 Å². The number of aliphatic hydroxyl groups is 2. The molecule has 0 spiro atoms. The molecule has 0 heterocycles. The van der Waals surface area contributed by atoms with Crippen LogP contribution in [0.15, 0.2) is 47.1 Å². The lowest BCUT2D eigenvalue weighted by molar-refractivity contribution is -0.114. The van der Waals surface area contributed by atoms with E-state index in [1.807, 2.05) is 18.2 Å². The second kappa shape index (κ2) is 8.07. The maximum Gasteiger partial charge on any atom is 0.156 e. The van der Waals surface area contributed by atoms with Crippen molar-refractivity contribution in [3.8, 4) is 0 Å². The second-order valence-electron chi connectivity index (χ2n) is 10.7. The molecule has 0 aliphatic heterocycles. The molecule has 2 N–H and O–H groups in total. The predicted molar refractivity (Wildman–Crippen MR) is 123 cm³/mol. The second-order valence-corrected chi connectivity index (χ2v) is 10.7. The molecule has 4 heteroatoms. The minimum Gasteiger partial charge on any atom is -0.396 e. The lowest BCUT2D eigenvalue weighted by atomic mass is 9.51. The first-order valence-corrected chi connectivity index (χ1v) is 12.3. The van der Waals surface area contributed by atoms with Crippen LogP contribution in [0, 0.1) is 17.3 Å². The van der Waals surface area contributed by atoms with Crippen molar-refractivity contribution in [3.05, 3.63) is 58.2 Å². The van der Waals surface area contributed by atoms with Crippen LogP contribution in [0.2, 0.25) is 0 Å². The van der Waals surface area contributed by atoms with Crippen molar-refractivity contribution < 1.29 is 19.8 Å². The molecule has 4 aliphatic carbocycles. The average molecular weight is 435 g/mol. The highest BCUT2D eigenvalue weighted by Crippen LogP contribution is 2.67. The van der Waals surface area contributed by atoms with Gasteiger partial charge in [-0.2, -0.15) is 0 Å². The molecule has 0 amide bonds. The summed E-state index contributed by atoms with van der Waals surface area (Å²) < 4.78 is 0. The van der Waals surface area contributed by atoms with E-state index < -0.39 is 5.60 Å². The fraction of sp³-hybridized carbons (Fsp3) is 0.571. The molecule has 5 atom stereocenters. The van der Waals surface area contributed by atoms with Crippen LogP contribution < -0.4 is 0 Å². The summed E-state index contributed by atoms with van der Waals surface area (Å²) in [5.74, 6) is 1.29. The first-order chi connectivity index (χ1) is 15.4. The molecule has 4 nitrogen and oxygen atoms in total. The van der Waals surface area contributed by atoms with Gasteiger partial charge in [0.05, 0.1) is 5.60 Å². The van der Waals surface area contributed by atoms with Gasteiger partial charge in [-0.3, -0.25) is 9.59 Å². The van der Waals surface area contributed by atoms with Crippen LogP contribution in [0.1, 0.15) is 86.6 Å². The summed E-state index contributed by atoms with van der Waals surface area (Å²) in [7, 11) is 0. The number of hydrogen-bond acceptors (Lipinski definition) is 4. The van der Waals surface area contributed by atoms with E-state index in [1.54, 1.807) is 0 Å². The highest BCUT2D eigenvalue weighted by molar-refractivity contribution is 5.93. The Morgan fingerprint density at radius 3 is 2.62 bits per heavy atom. The zero-order valence-corrected chi connectivity index (χ0v) is 19.0. The number of benzene rings is 1. The van der Waals surface area contributed by atoms with Gasteiger partial charge in [-0.25, -0.2) is 0 Å². The molecule has 0 radical (unpaired) electrons. The van der Waals surface area contributed by atoms with Crippen molar-refractivity contribution in [1.82, 2.24) is 0 Å². The average Bonchev–Trinajstić information content (AvgIpc) is 3.07. The van der Waals surface area contributed by atoms with Gasteiger partial charge in [0.1, 0.15) is 6.29 Å². The summed E-state index contributed by atoms with van der Waals surface area (Å²) in [5, 5.41) is 21.3. The fourth-order valence-corrected chi connectivity index (χ4v) is 7.64. The maximum absolute atomic E-state index is 12.1. The predicted octanol–water partition coefficient (Wildman–Crippen LogP) is 4.90. The van der Waals surface area contributed by atoms with Gasteiger partial charge in [-0.15, -0.1) is 0 Å². The Hall–Kier alpha value is -2.04. The number of ketones is 1. The topological polar surface area (TPSA) is 74.6 Å². The summed E-state index contributed by atoms with van der Waals surface area (Å²) in [6.45, 7) is 2.40. The third-order valence-electron chi connectivity index (χ3n) is 9.28. The summed E-state index contributed by atoms with van der Waals surface area (Å²) in [4.78, 5) is 23.4. The standard InChI is InChI=1S/C28H34O4/c1-27-16-24(19-5-3-18(17-30)4-6-19)26-22-10-8-21(31)15-20(22)7-9-23(26)25(27)11-13-28(27,32)12-2-14-29/h3-6,15,17,23-25,29,32H,2,7-14,16H2,1H3/t23-,24+,25-,27-,28-/m0/s1. The molecule has 1 aromatic rings. The molecule has 32 heavy (non-hydrogen) atoms. The smallest absolute Gasteiger partial charge is 0.156 e. The molecule has 5 rings (SSSR count). The summed E-state index contributed by atoms with van der Waals surface area (Å²) in [6.07, 6.45) is 10.1. The van der Waals surface area contributed by atoms with E-state index in [4.69, 9.17) is 0 Å². The van der Waals surface area contributed by atoms with Gasteiger partial charge in [-0.1, -0.05) is 36.8 Å². The number of carbonyl (C=O) groups is 2. The molecule has 2 saturated carbocycles. The lowest BCUT2D eigenvalue weighted by Gasteiger charge is -2.55. The molecule has 0 bridgehead atoms. The third kappa shape index (κ3) is 3.26. The van der Waals surface area contributed by atoms with Crippen LogP contribution >= 0.6 is 0 Å². The number of aldehydes is 1. The Labute approximate surface area is 190 Å². The molecule has 0 saturated heterocycles. The quantitative estimate of drug-likeness (QED) is 0.646. The zero-order chi connectivity index (χ0) is 22.5.